The van der Waals surface area contributed by atoms with Gasteiger partial charge >= 0.3 is 23.9 Å². The Morgan fingerprint density at radius 2 is 1.41 bits per heavy atom. The van der Waals surface area contributed by atoms with Gasteiger partial charge in [0.25, 0.3) is 0 Å². The Morgan fingerprint density at radius 3 is 2.00 bits per heavy atom. The highest BCUT2D eigenvalue weighted by molar-refractivity contribution is 6.21. The van der Waals surface area contributed by atoms with Gasteiger partial charge in [-0.3, -0.25) is 9.59 Å². The van der Waals surface area contributed by atoms with Crippen molar-refractivity contribution in [3.63, 3.8) is 0 Å². The van der Waals surface area contributed by atoms with Crippen LogP contribution in [0.1, 0.15) is 28.2 Å². The first kappa shape index (κ1) is 24.3. The standard InChI is InChI=1S/C24H24O8/c1-29-20(25)13-15-9-5-6-10-16(15)22(24(28)32-4)18-12-8-7-11-17(18)19(23(27)31-3)14-21(26)30-2/h5-12,14,22H,13H2,1-4H3. The maximum absolute atomic E-state index is 12.9. The highest BCUT2D eigenvalue weighted by Crippen LogP contribution is 2.34. The summed E-state index contributed by atoms with van der Waals surface area (Å²) in [5.41, 5.74) is 1.64. The van der Waals surface area contributed by atoms with Gasteiger partial charge in [-0.2, -0.15) is 0 Å². The van der Waals surface area contributed by atoms with Crippen LogP contribution in [0, 0.1) is 0 Å². The Hall–Kier alpha value is -3.94. The van der Waals surface area contributed by atoms with Crippen molar-refractivity contribution in [1.82, 2.24) is 0 Å². The minimum Gasteiger partial charge on any atom is -0.469 e. The Bertz CT molecular complexity index is 1040. The van der Waals surface area contributed by atoms with Gasteiger partial charge in [-0.1, -0.05) is 48.5 Å². The normalized spacial score (nSPS) is 11.8. The summed E-state index contributed by atoms with van der Waals surface area (Å²) in [6, 6.07) is 13.4. The number of esters is 4. The van der Waals surface area contributed by atoms with Crippen molar-refractivity contribution >= 4 is 29.5 Å². The smallest absolute Gasteiger partial charge is 0.338 e. The molecule has 1 unspecified atom stereocenters. The second-order valence-corrected chi connectivity index (χ2v) is 6.57. The highest BCUT2D eigenvalue weighted by atomic mass is 16.5. The quantitative estimate of drug-likeness (QED) is 0.350. The first-order valence-electron chi connectivity index (χ1n) is 9.57. The Kier molecular flexibility index (Phi) is 8.71. The maximum Gasteiger partial charge on any atom is 0.338 e. The molecule has 0 bridgehead atoms. The van der Waals surface area contributed by atoms with Gasteiger partial charge in [0.1, 0.15) is 5.92 Å². The molecule has 0 spiro atoms. The molecular formula is C24H24O8. The summed E-state index contributed by atoms with van der Waals surface area (Å²) in [6.45, 7) is 0. The molecule has 0 aliphatic rings. The summed E-state index contributed by atoms with van der Waals surface area (Å²) in [5, 5.41) is 0. The van der Waals surface area contributed by atoms with E-state index in [0.717, 1.165) is 6.08 Å². The van der Waals surface area contributed by atoms with E-state index in [0.29, 0.717) is 16.7 Å². The Labute approximate surface area is 185 Å². The average Bonchev–Trinajstić information content (AvgIpc) is 2.83. The Balaban J connectivity index is 2.77. The van der Waals surface area contributed by atoms with Crippen molar-refractivity contribution in [2.75, 3.05) is 28.4 Å². The third-order valence-electron chi connectivity index (χ3n) is 4.80. The van der Waals surface area contributed by atoms with Crippen molar-refractivity contribution in [3.8, 4) is 0 Å². The van der Waals surface area contributed by atoms with Crippen LogP contribution >= 0.6 is 0 Å². The number of carbonyl (C=O) groups is 4. The largest absolute Gasteiger partial charge is 0.469 e. The van der Waals surface area contributed by atoms with Crippen LogP contribution in [0.2, 0.25) is 0 Å². The van der Waals surface area contributed by atoms with E-state index in [1.165, 1.54) is 28.4 Å². The molecule has 0 N–H and O–H groups in total. The van der Waals surface area contributed by atoms with Crippen LogP contribution in [0.3, 0.4) is 0 Å². The number of benzene rings is 2. The van der Waals surface area contributed by atoms with E-state index in [2.05, 4.69) is 4.74 Å². The van der Waals surface area contributed by atoms with Gasteiger partial charge < -0.3 is 18.9 Å². The summed E-state index contributed by atoms with van der Waals surface area (Å²) >= 11 is 0. The van der Waals surface area contributed by atoms with Crippen LogP contribution < -0.4 is 0 Å². The fourth-order valence-electron chi connectivity index (χ4n) is 3.27. The minimum atomic E-state index is -0.997. The third kappa shape index (κ3) is 5.60. The molecule has 8 heteroatoms. The Morgan fingerprint density at radius 1 is 0.781 bits per heavy atom. The molecule has 0 aliphatic heterocycles. The summed E-state index contributed by atoms with van der Waals surface area (Å²) in [4.78, 5) is 49.3. The molecule has 2 aromatic rings. The molecule has 0 saturated heterocycles. The third-order valence-corrected chi connectivity index (χ3v) is 4.80. The molecule has 0 heterocycles. The number of hydrogen-bond acceptors (Lipinski definition) is 8. The fourth-order valence-corrected chi connectivity index (χ4v) is 3.27. The van der Waals surface area contributed by atoms with Gasteiger partial charge in [-0.15, -0.1) is 0 Å². The van der Waals surface area contributed by atoms with Crippen molar-refractivity contribution < 1.29 is 38.1 Å². The van der Waals surface area contributed by atoms with Crippen LogP contribution in [0.5, 0.6) is 0 Å². The molecule has 0 fully saturated rings. The van der Waals surface area contributed by atoms with E-state index >= 15 is 0 Å². The van der Waals surface area contributed by atoms with Crippen LogP contribution in [0.4, 0.5) is 0 Å². The second-order valence-electron chi connectivity index (χ2n) is 6.57. The molecule has 0 saturated carbocycles. The van der Waals surface area contributed by atoms with Crippen LogP contribution in [-0.2, 0) is 44.5 Å². The molecule has 8 nitrogen and oxygen atoms in total. The predicted molar refractivity (Wildman–Crippen MR) is 114 cm³/mol. The fraction of sp³-hybridized carbons (Fsp3) is 0.250. The van der Waals surface area contributed by atoms with Crippen molar-refractivity contribution in [2.24, 2.45) is 0 Å². The van der Waals surface area contributed by atoms with E-state index in [1.807, 2.05) is 0 Å². The highest BCUT2D eigenvalue weighted by Gasteiger charge is 2.31. The number of hydrogen-bond donors (Lipinski definition) is 0. The average molecular weight is 440 g/mol. The van der Waals surface area contributed by atoms with Crippen LogP contribution in [0.25, 0.3) is 5.57 Å². The zero-order valence-corrected chi connectivity index (χ0v) is 18.2. The first-order valence-corrected chi connectivity index (χ1v) is 9.57. The van der Waals surface area contributed by atoms with Crippen molar-refractivity contribution in [2.45, 2.75) is 12.3 Å². The van der Waals surface area contributed by atoms with Gasteiger partial charge in [-0.05, 0) is 22.3 Å². The zero-order chi connectivity index (χ0) is 23.7. The number of rotatable bonds is 8. The monoisotopic (exact) mass is 440 g/mol. The SMILES string of the molecule is COC(=O)C=C(C(=O)OC)c1ccccc1C(C(=O)OC)c1ccccc1CC(=O)OC. The van der Waals surface area contributed by atoms with E-state index in [4.69, 9.17) is 14.2 Å². The zero-order valence-electron chi connectivity index (χ0n) is 18.2. The lowest BCUT2D eigenvalue weighted by molar-refractivity contribution is -0.142. The molecule has 1 atom stereocenters. The summed E-state index contributed by atoms with van der Waals surface area (Å²) in [5.74, 6) is -3.63. The summed E-state index contributed by atoms with van der Waals surface area (Å²) < 4.78 is 19.3. The summed E-state index contributed by atoms with van der Waals surface area (Å²) in [6.07, 6.45) is 0.934. The van der Waals surface area contributed by atoms with E-state index in [9.17, 15) is 19.2 Å². The van der Waals surface area contributed by atoms with E-state index in [-0.39, 0.29) is 17.6 Å². The number of carbonyl (C=O) groups excluding carboxylic acids is 4. The number of ether oxygens (including phenoxy) is 4. The lowest BCUT2D eigenvalue weighted by Gasteiger charge is -2.22. The van der Waals surface area contributed by atoms with Gasteiger partial charge in [-0.25, -0.2) is 9.59 Å². The maximum atomic E-state index is 12.9. The van der Waals surface area contributed by atoms with Crippen molar-refractivity contribution in [3.05, 3.63) is 76.9 Å². The topological polar surface area (TPSA) is 105 Å². The van der Waals surface area contributed by atoms with E-state index < -0.39 is 29.8 Å². The van der Waals surface area contributed by atoms with Crippen LogP contribution in [0.15, 0.2) is 54.6 Å². The molecule has 0 amide bonds. The molecule has 2 rings (SSSR count). The molecule has 0 radical (unpaired) electrons. The van der Waals surface area contributed by atoms with Gasteiger partial charge in [0, 0.05) is 6.08 Å². The molecule has 0 aromatic heterocycles. The predicted octanol–water partition coefficient (Wildman–Crippen LogP) is 2.44. The van der Waals surface area contributed by atoms with E-state index in [1.54, 1.807) is 48.5 Å². The number of methoxy groups -OCH3 is 4. The lowest BCUT2D eigenvalue weighted by atomic mass is 9.83. The molecule has 2 aromatic carbocycles. The molecule has 168 valence electrons. The van der Waals surface area contributed by atoms with Gasteiger partial charge in [0.15, 0.2) is 0 Å². The molecule has 32 heavy (non-hydrogen) atoms. The van der Waals surface area contributed by atoms with Gasteiger partial charge in [0.05, 0.1) is 40.4 Å². The molecule has 0 aliphatic carbocycles. The molecular weight excluding hydrogens is 416 g/mol. The second kappa shape index (κ2) is 11.5. The lowest BCUT2D eigenvalue weighted by Crippen LogP contribution is -2.21. The minimum absolute atomic E-state index is 0.0653. The summed E-state index contributed by atoms with van der Waals surface area (Å²) in [7, 11) is 4.88. The first-order chi connectivity index (χ1) is 15.4. The van der Waals surface area contributed by atoms with Gasteiger partial charge in [0.2, 0.25) is 0 Å². The van der Waals surface area contributed by atoms with Crippen LogP contribution in [-0.4, -0.2) is 52.3 Å². The van der Waals surface area contributed by atoms with Crippen molar-refractivity contribution in [1.29, 1.82) is 0 Å².